The Morgan fingerprint density at radius 3 is 2.74 bits per heavy atom. The van der Waals surface area contributed by atoms with Gasteiger partial charge in [0.2, 0.25) is 0 Å². The second-order valence-corrected chi connectivity index (χ2v) is 4.98. The Bertz CT molecular complexity index is 416. The summed E-state index contributed by atoms with van der Waals surface area (Å²) in [5.41, 5.74) is 1.07. The molecule has 19 heavy (non-hydrogen) atoms. The van der Waals surface area contributed by atoms with E-state index >= 15 is 0 Å². The quantitative estimate of drug-likeness (QED) is 0.826. The van der Waals surface area contributed by atoms with Gasteiger partial charge in [-0.2, -0.15) is 0 Å². The van der Waals surface area contributed by atoms with Crippen LogP contribution in [0.5, 0.6) is 0 Å². The normalized spacial score (nSPS) is 18.6. The van der Waals surface area contributed by atoms with Crippen LogP contribution in [-0.2, 0) is 11.2 Å². The van der Waals surface area contributed by atoms with E-state index in [2.05, 4.69) is 27.5 Å². The molecule has 5 heteroatoms. The van der Waals surface area contributed by atoms with Gasteiger partial charge in [0.05, 0.1) is 6.10 Å². The van der Waals surface area contributed by atoms with Crippen LogP contribution in [0.3, 0.4) is 0 Å². The molecule has 1 saturated heterocycles. The average molecular weight is 264 g/mol. The van der Waals surface area contributed by atoms with Gasteiger partial charge in [-0.15, -0.1) is 0 Å². The zero-order valence-corrected chi connectivity index (χ0v) is 12.1. The molecule has 2 rings (SSSR count). The monoisotopic (exact) mass is 264 g/mol. The minimum absolute atomic E-state index is 0.321. The van der Waals surface area contributed by atoms with Gasteiger partial charge < -0.3 is 15.4 Å². The van der Waals surface area contributed by atoms with Crippen LogP contribution in [0.15, 0.2) is 0 Å². The van der Waals surface area contributed by atoms with Gasteiger partial charge in [0.25, 0.3) is 0 Å². The lowest BCUT2D eigenvalue weighted by Crippen LogP contribution is -2.20. The van der Waals surface area contributed by atoms with Crippen molar-refractivity contribution in [2.75, 3.05) is 30.8 Å². The fourth-order valence-corrected chi connectivity index (χ4v) is 2.33. The van der Waals surface area contributed by atoms with Crippen LogP contribution in [0.2, 0.25) is 0 Å². The number of ether oxygens (including phenoxy) is 1. The molecule has 0 aromatic carbocycles. The van der Waals surface area contributed by atoms with Gasteiger partial charge in [-0.3, -0.25) is 0 Å². The topological polar surface area (TPSA) is 59.1 Å². The summed E-state index contributed by atoms with van der Waals surface area (Å²) >= 11 is 0. The number of aromatic nitrogens is 2. The summed E-state index contributed by atoms with van der Waals surface area (Å²) in [5.74, 6) is 2.74. The van der Waals surface area contributed by atoms with E-state index in [4.69, 9.17) is 4.74 Å². The first kappa shape index (κ1) is 14.1. The Kier molecular flexibility index (Phi) is 4.96. The Morgan fingerprint density at radius 2 is 2.11 bits per heavy atom. The number of anilines is 2. The number of nitrogens with one attached hydrogen (secondary N) is 2. The predicted molar refractivity (Wildman–Crippen MR) is 77.8 cm³/mol. The van der Waals surface area contributed by atoms with Crippen molar-refractivity contribution in [3.63, 3.8) is 0 Å². The van der Waals surface area contributed by atoms with E-state index in [-0.39, 0.29) is 0 Å². The highest BCUT2D eigenvalue weighted by molar-refractivity contribution is 5.57. The van der Waals surface area contributed by atoms with Crippen molar-refractivity contribution in [3.8, 4) is 0 Å². The third kappa shape index (κ3) is 3.56. The molecule has 106 valence electrons. The van der Waals surface area contributed by atoms with Crippen LogP contribution in [0.4, 0.5) is 11.6 Å². The third-order valence-electron chi connectivity index (χ3n) is 3.42. The fraction of sp³-hybridized carbons (Fsp3) is 0.714. The molecule has 1 unspecified atom stereocenters. The van der Waals surface area contributed by atoms with Crippen LogP contribution >= 0.6 is 0 Å². The third-order valence-corrected chi connectivity index (χ3v) is 3.42. The zero-order valence-electron chi connectivity index (χ0n) is 12.1. The fourth-order valence-electron chi connectivity index (χ4n) is 2.33. The molecule has 1 aromatic heterocycles. The van der Waals surface area contributed by atoms with E-state index in [0.717, 1.165) is 61.9 Å². The van der Waals surface area contributed by atoms with E-state index in [1.807, 2.05) is 14.0 Å². The molecular weight excluding hydrogens is 240 g/mol. The molecule has 1 atom stereocenters. The molecular formula is C14H24N4O. The van der Waals surface area contributed by atoms with Crippen LogP contribution in [0.1, 0.15) is 37.6 Å². The Balaban J connectivity index is 2.09. The summed E-state index contributed by atoms with van der Waals surface area (Å²) in [7, 11) is 1.90. The molecule has 1 aromatic rings. The lowest BCUT2D eigenvalue weighted by Gasteiger charge is -2.16. The summed E-state index contributed by atoms with van der Waals surface area (Å²) in [5, 5.41) is 6.55. The van der Waals surface area contributed by atoms with E-state index in [1.54, 1.807) is 0 Å². The first-order valence-electron chi connectivity index (χ1n) is 7.15. The molecule has 0 spiro atoms. The maximum atomic E-state index is 5.63. The molecule has 0 aliphatic carbocycles. The number of hydrogen-bond donors (Lipinski definition) is 2. The molecule has 1 aliphatic heterocycles. The van der Waals surface area contributed by atoms with Crippen molar-refractivity contribution in [3.05, 3.63) is 11.4 Å². The standard InChI is InChI=1S/C14H24N4O/c1-4-6-12-17-13(15-3)10(2)14(18-12)16-9-11-7-5-8-19-11/h11H,4-9H2,1-3H3,(H2,15,16,17,18). The van der Waals surface area contributed by atoms with E-state index in [9.17, 15) is 0 Å². The largest absolute Gasteiger partial charge is 0.376 e. The van der Waals surface area contributed by atoms with Crippen LogP contribution in [-0.4, -0.2) is 36.3 Å². The number of aryl methyl sites for hydroxylation is 1. The summed E-state index contributed by atoms with van der Waals surface area (Å²) in [6.07, 6.45) is 4.58. The molecule has 1 fully saturated rings. The highest BCUT2D eigenvalue weighted by atomic mass is 16.5. The van der Waals surface area contributed by atoms with Crippen LogP contribution < -0.4 is 10.6 Å². The Hall–Kier alpha value is -1.36. The van der Waals surface area contributed by atoms with Gasteiger partial charge in [-0.1, -0.05) is 6.92 Å². The maximum Gasteiger partial charge on any atom is 0.134 e. The highest BCUT2D eigenvalue weighted by Gasteiger charge is 2.16. The lowest BCUT2D eigenvalue weighted by atomic mass is 10.2. The summed E-state index contributed by atoms with van der Waals surface area (Å²) in [6, 6.07) is 0. The highest BCUT2D eigenvalue weighted by Crippen LogP contribution is 2.21. The summed E-state index contributed by atoms with van der Waals surface area (Å²) < 4.78 is 5.63. The minimum Gasteiger partial charge on any atom is -0.376 e. The van der Waals surface area contributed by atoms with E-state index in [1.165, 1.54) is 0 Å². The first-order chi connectivity index (χ1) is 9.24. The van der Waals surface area contributed by atoms with Gasteiger partial charge in [-0.05, 0) is 26.2 Å². The van der Waals surface area contributed by atoms with Crippen molar-refractivity contribution in [1.82, 2.24) is 9.97 Å². The second kappa shape index (κ2) is 6.70. The second-order valence-electron chi connectivity index (χ2n) is 4.98. The molecule has 5 nitrogen and oxygen atoms in total. The van der Waals surface area contributed by atoms with Gasteiger partial charge in [0, 0.05) is 32.2 Å². The minimum atomic E-state index is 0.321. The molecule has 0 saturated carbocycles. The van der Waals surface area contributed by atoms with Gasteiger partial charge in [0.15, 0.2) is 0 Å². The van der Waals surface area contributed by atoms with Gasteiger partial charge >= 0.3 is 0 Å². The average Bonchev–Trinajstić information content (AvgIpc) is 2.92. The first-order valence-corrected chi connectivity index (χ1v) is 7.15. The van der Waals surface area contributed by atoms with Crippen molar-refractivity contribution < 1.29 is 4.74 Å². The smallest absolute Gasteiger partial charge is 0.134 e. The van der Waals surface area contributed by atoms with Crippen LogP contribution in [0, 0.1) is 6.92 Å². The van der Waals surface area contributed by atoms with Crippen molar-refractivity contribution in [2.45, 2.75) is 45.6 Å². The molecule has 2 N–H and O–H groups in total. The lowest BCUT2D eigenvalue weighted by molar-refractivity contribution is 0.120. The molecule has 0 bridgehead atoms. The van der Waals surface area contributed by atoms with Crippen molar-refractivity contribution >= 4 is 11.6 Å². The molecule has 0 amide bonds. The van der Waals surface area contributed by atoms with Crippen molar-refractivity contribution in [1.29, 1.82) is 0 Å². The SMILES string of the molecule is CCCc1nc(NC)c(C)c(NCC2CCCO2)n1. The number of rotatable bonds is 6. The van der Waals surface area contributed by atoms with Crippen LogP contribution in [0.25, 0.3) is 0 Å². The van der Waals surface area contributed by atoms with Crippen molar-refractivity contribution in [2.24, 2.45) is 0 Å². The van der Waals surface area contributed by atoms with Gasteiger partial charge in [-0.25, -0.2) is 9.97 Å². The molecule has 0 radical (unpaired) electrons. The number of hydrogen-bond acceptors (Lipinski definition) is 5. The molecule has 2 heterocycles. The van der Waals surface area contributed by atoms with E-state index < -0.39 is 0 Å². The summed E-state index contributed by atoms with van der Waals surface area (Å²) in [6.45, 7) is 5.89. The van der Waals surface area contributed by atoms with E-state index in [0.29, 0.717) is 6.10 Å². The zero-order chi connectivity index (χ0) is 13.7. The Morgan fingerprint density at radius 1 is 1.32 bits per heavy atom. The molecule has 1 aliphatic rings. The predicted octanol–water partition coefficient (Wildman–Crippen LogP) is 2.37. The maximum absolute atomic E-state index is 5.63. The summed E-state index contributed by atoms with van der Waals surface area (Å²) in [4.78, 5) is 9.14. The number of nitrogens with zero attached hydrogens (tertiary/aromatic N) is 2. The Labute approximate surface area is 115 Å². The van der Waals surface area contributed by atoms with Gasteiger partial charge in [0.1, 0.15) is 17.5 Å².